The van der Waals surface area contributed by atoms with E-state index in [2.05, 4.69) is 10.6 Å². The number of nitrogens with one attached hydrogen (secondary N) is 2. The van der Waals surface area contributed by atoms with Gasteiger partial charge < -0.3 is 27.0 Å². The summed E-state index contributed by atoms with van der Waals surface area (Å²) in [6.45, 7) is 1.00. The maximum atomic E-state index is 12.8. The van der Waals surface area contributed by atoms with Crippen molar-refractivity contribution in [1.29, 1.82) is 0 Å². The largest absolute Gasteiger partial charge is 0.370 e. The summed E-state index contributed by atoms with van der Waals surface area (Å²) in [7, 11) is 0. The third kappa shape index (κ3) is 6.86. The summed E-state index contributed by atoms with van der Waals surface area (Å²) in [6.07, 6.45) is 1.46. The fourth-order valence-electron chi connectivity index (χ4n) is 3.34. The van der Waals surface area contributed by atoms with Crippen LogP contribution >= 0.6 is 0 Å². The number of hydrogen-bond acceptors (Lipinski definition) is 5. The zero-order chi connectivity index (χ0) is 21.2. The lowest BCUT2D eigenvalue weighted by Crippen LogP contribution is -2.53. The fraction of sp³-hybridized carbons (Fsp3) is 0.500. The Morgan fingerprint density at radius 2 is 1.86 bits per heavy atom. The molecule has 1 fully saturated rings. The highest BCUT2D eigenvalue weighted by Gasteiger charge is 2.35. The van der Waals surface area contributed by atoms with E-state index in [9.17, 15) is 19.2 Å². The van der Waals surface area contributed by atoms with Gasteiger partial charge in [0.25, 0.3) is 0 Å². The van der Waals surface area contributed by atoms with Crippen LogP contribution in [0, 0.1) is 0 Å². The maximum Gasteiger partial charge on any atom is 0.243 e. The standard InChI is InChI=1S/C20H29N5O4/c21-11-10-18(27)25-12-4-7-16(25)20(29)24-15(8-9-17(22)26)19(28)23-13-14-5-2-1-3-6-14/h1-3,5-6,15-16H,4,7-13,21H2,(H2,22,26)(H,23,28)(H,24,29)/t15-,16-/m0/s1. The molecule has 1 aromatic carbocycles. The fourth-order valence-corrected chi connectivity index (χ4v) is 3.34. The molecule has 1 heterocycles. The number of likely N-dealkylation sites (tertiary alicyclic amines) is 1. The molecule has 1 aliphatic heterocycles. The van der Waals surface area contributed by atoms with Gasteiger partial charge in [0.1, 0.15) is 12.1 Å². The van der Waals surface area contributed by atoms with Gasteiger partial charge in [-0.25, -0.2) is 0 Å². The summed E-state index contributed by atoms with van der Waals surface area (Å²) >= 11 is 0. The number of rotatable bonds is 10. The molecule has 0 radical (unpaired) electrons. The number of carbonyl (C=O) groups excluding carboxylic acids is 4. The molecule has 1 aliphatic rings. The maximum absolute atomic E-state index is 12.8. The van der Waals surface area contributed by atoms with Gasteiger partial charge in [0, 0.05) is 32.5 Å². The Bertz CT molecular complexity index is 725. The van der Waals surface area contributed by atoms with Crippen LogP contribution in [0.5, 0.6) is 0 Å². The van der Waals surface area contributed by atoms with Gasteiger partial charge in [-0.05, 0) is 24.8 Å². The van der Waals surface area contributed by atoms with Crippen LogP contribution in [0.4, 0.5) is 0 Å². The quantitative estimate of drug-likeness (QED) is 0.411. The van der Waals surface area contributed by atoms with Gasteiger partial charge in [-0.1, -0.05) is 30.3 Å². The first-order valence-corrected chi connectivity index (χ1v) is 9.82. The van der Waals surface area contributed by atoms with Gasteiger partial charge in [-0.2, -0.15) is 0 Å². The van der Waals surface area contributed by atoms with E-state index in [1.807, 2.05) is 30.3 Å². The van der Waals surface area contributed by atoms with E-state index in [1.165, 1.54) is 4.90 Å². The number of carbonyl (C=O) groups is 4. The van der Waals surface area contributed by atoms with Crippen LogP contribution in [0.25, 0.3) is 0 Å². The first kappa shape index (κ1) is 22.4. The van der Waals surface area contributed by atoms with Crippen molar-refractivity contribution in [2.24, 2.45) is 11.5 Å². The van der Waals surface area contributed by atoms with E-state index in [1.54, 1.807) is 0 Å². The Morgan fingerprint density at radius 3 is 2.52 bits per heavy atom. The van der Waals surface area contributed by atoms with E-state index >= 15 is 0 Å². The summed E-state index contributed by atoms with van der Waals surface area (Å²) in [5.41, 5.74) is 11.6. The predicted octanol–water partition coefficient (Wildman–Crippen LogP) is -0.607. The highest BCUT2D eigenvalue weighted by atomic mass is 16.2. The smallest absolute Gasteiger partial charge is 0.243 e. The van der Waals surface area contributed by atoms with E-state index in [0.717, 1.165) is 5.56 Å². The lowest BCUT2D eigenvalue weighted by atomic mass is 10.1. The molecule has 0 aliphatic carbocycles. The Balaban J connectivity index is 2.00. The second-order valence-corrected chi connectivity index (χ2v) is 7.05. The summed E-state index contributed by atoms with van der Waals surface area (Å²) in [4.78, 5) is 50.3. The molecule has 158 valence electrons. The summed E-state index contributed by atoms with van der Waals surface area (Å²) in [6, 6.07) is 7.80. The Morgan fingerprint density at radius 1 is 1.14 bits per heavy atom. The van der Waals surface area contributed by atoms with Crippen LogP contribution in [0.3, 0.4) is 0 Å². The SMILES string of the molecule is NCCC(=O)N1CCC[C@H]1C(=O)N[C@@H](CCC(N)=O)C(=O)NCc1ccccc1. The monoisotopic (exact) mass is 403 g/mol. The molecule has 9 heteroatoms. The van der Waals surface area contributed by atoms with Crippen molar-refractivity contribution >= 4 is 23.6 Å². The molecule has 0 bridgehead atoms. The number of hydrogen-bond donors (Lipinski definition) is 4. The normalized spacial score (nSPS) is 16.9. The van der Waals surface area contributed by atoms with Crippen molar-refractivity contribution in [3.8, 4) is 0 Å². The minimum atomic E-state index is -0.911. The van der Waals surface area contributed by atoms with Gasteiger partial charge in [0.15, 0.2) is 0 Å². The van der Waals surface area contributed by atoms with Crippen molar-refractivity contribution in [3.63, 3.8) is 0 Å². The molecule has 0 aromatic heterocycles. The molecular formula is C20H29N5O4. The molecule has 0 unspecified atom stereocenters. The number of benzene rings is 1. The molecule has 2 atom stereocenters. The van der Waals surface area contributed by atoms with Gasteiger partial charge in [-0.3, -0.25) is 19.2 Å². The lowest BCUT2D eigenvalue weighted by Gasteiger charge is -2.26. The first-order valence-electron chi connectivity index (χ1n) is 9.82. The van der Waals surface area contributed by atoms with Crippen LogP contribution in [-0.2, 0) is 25.7 Å². The van der Waals surface area contributed by atoms with Crippen molar-refractivity contribution in [3.05, 3.63) is 35.9 Å². The molecule has 0 spiro atoms. The van der Waals surface area contributed by atoms with Crippen LogP contribution in [-0.4, -0.2) is 53.7 Å². The van der Waals surface area contributed by atoms with E-state index in [4.69, 9.17) is 11.5 Å². The summed E-state index contributed by atoms with van der Waals surface area (Å²) < 4.78 is 0. The van der Waals surface area contributed by atoms with Gasteiger partial charge >= 0.3 is 0 Å². The van der Waals surface area contributed by atoms with Crippen molar-refractivity contribution in [2.45, 2.75) is 50.7 Å². The Kier molecular flexibility index (Phi) is 8.60. The average Bonchev–Trinajstić information content (AvgIpc) is 3.20. The number of nitrogens with two attached hydrogens (primary N) is 2. The van der Waals surface area contributed by atoms with E-state index < -0.39 is 29.8 Å². The zero-order valence-electron chi connectivity index (χ0n) is 16.4. The lowest BCUT2D eigenvalue weighted by molar-refractivity contribution is -0.139. The molecule has 2 rings (SSSR count). The van der Waals surface area contributed by atoms with Gasteiger partial charge in [0.2, 0.25) is 23.6 Å². The van der Waals surface area contributed by atoms with Crippen molar-refractivity contribution < 1.29 is 19.2 Å². The zero-order valence-corrected chi connectivity index (χ0v) is 16.4. The average molecular weight is 403 g/mol. The third-order valence-corrected chi connectivity index (χ3v) is 4.86. The molecule has 1 aromatic rings. The number of primary amides is 1. The molecule has 29 heavy (non-hydrogen) atoms. The van der Waals surface area contributed by atoms with E-state index in [0.29, 0.717) is 25.9 Å². The van der Waals surface area contributed by atoms with E-state index in [-0.39, 0.29) is 31.7 Å². The second-order valence-electron chi connectivity index (χ2n) is 7.05. The highest BCUT2D eigenvalue weighted by Crippen LogP contribution is 2.18. The molecule has 1 saturated heterocycles. The molecule has 9 nitrogen and oxygen atoms in total. The van der Waals surface area contributed by atoms with Crippen molar-refractivity contribution in [1.82, 2.24) is 15.5 Å². The summed E-state index contributed by atoms with van der Waals surface area (Å²) in [5.74, 6) is -1.54. The van der Waals surface area contributed by atoms with Crippen molar-refractivity contribution in [2.75, 3.05) is 13.1 Å². The molecule has 4 amide bonds. The molecule has 0 saturated carbocycles. The Labute approximate surface area is 170 Å². The number of amides is 4. The van der Waals surface area contributed by atoms with Crippen LogP contribution in [0.1, 0.15) is 37.7 Å². The first-order chi connectivity index (χ1) is 13.9. The highest BCUT2D eigenvalue weighted by molar-refractivity contribution is 5.92. The molecule has 6 N–H and O–H groups in total. The topological polar surface area (TPSA) is 148 Å². The third-order valence-electron chi connectivity index (χ3n) is 4.86. The second kappa shape index (κ2) is 11.2. The number of nitrogens with zero attached hydrogens (tertiary/aromatic N) is 1. The molecular weight excluding hydrogens is 374 g/mol. The minimum Gasteiger partial charge on any atom is -0.370 e. The van der Waals surface area contributed by atoms with Gasteiger partial charge in [0.05, 0.1) is 0 Å². The van der Waals surface area contributed by atoms with Crippen LogP contribution < -0.4 is 22.1 Å². The van der Waals surface area contributed by atoms with Crippen LogP contribution in [0.2, 0.25) is 0 Å². The van der Waals surface area contributed by atoms with Gasteiger partial charge in [-0.15, -0.1) is 0 Å². The Hall–Kier alpha value is -2.94. The summed E-state index contributed by atoms with van der Waals surface area (Å²) in [5, 5.41) is 5.46. The minimum absolute atomic E-state index is 0.0375. The van der Waals surface area contributed by atoms with Crippen LogP contribution in [0.15, 0.2) is 30.3 Å². The predicted molar refractivity (Wildman–Crippen MR) is 107 cm³/mol.